The smallest absolute Gasteiger partial charge is 0.242 e. The third-order valence-electron chi connectivity index (χ3n) is 5.37. The van der Waals surface area contributed by atoms with E-state index in [1.165, 1.54) is 32.1 Å². The molecule has 0 aromatic heterocycles. The van der Waals surface area contributed by atoms with Gasteiger partial charge in [0.1, 0.15) is 0 Å². The van der Waals surface area contributed by atoms with Gasteiger partial charge in [0.25, 0.3) is 0 Å². The van der Waals surface area contributed by atoms with Crippen molar-refractivity contribution in [2.75, 3.05) is 26.2 Å². The molecule has 24 heavy (non-hydrogen) atoms. The quantitative estimate of drug-likeness (QED) is 0.820. The Hall–Kier alpha value is -0.810. The average Bonchev–Trinajstić information content (AvgIpc) is 2.55. The number of hydrogen-bond acceptors (Lipinski definition) is 3. The van der Waals surface area contributed by atoms with E-state index in [1.807, 2.05) is 23.6 Å². The molecule has 1 saturated carbocycles. The highest BCUT2D eigenvalue weighted by Crippen LogP contribution is 2.27. The summed E-state index contributed by atoms with van der Waals surface area (Å²) >= 11 is 0. The van der Waals surface area contributed by atoms with E-state index < -0.39 is 5.54 Å². The molecule has 2 fully saturated rings. The molecular formula is C18H34ClN3O2. The molecule has 1 heterocycles. The second-order valence-electron chi connectivity index (χ2n) is 7.55. The van der Waals surface area contributed by atoms with E-state index in [1.54, 1.807) is 0 Å². The Morgan fingerprint density at radius 1 is 1.04 bits per heavy atom. The van der Waals surface area contributed by atoms with E-state index in [2.05, 4.69) is 0 Å². The first-order valence-corrected chi connectivity index (χ1v) is 9.30. The number of carbonyl (C=O) groups is 2. The van der Waals surface area contributed by atoms with Crippen LogP contribution in [0.25, 0.3) is 0 Å². The number of hydrogen-bond donors (Lipinski definition) is 1. The first-order valence-electron chi connectivity index (χ1n) is 9.30. The molecule has 1 saturated heterocycles. The van der Waals surface area contributed by atoms with Crippen LogP contribution in [-0.4, -0.2) is 53.3 Å². The summed E-state index contributed by atoms with van der Waals surface area (Å²) in [6.07, 6.45) is 8.56. The fourth-order valence-corrected chi connectivity index (χ4v) is 3.91. The molecule has 0 radical (unpaired) electrons. The molecule has 2 rings (SSSR count). The van der Waals surface area contributed by atoms with E-state index in [-0.39, 0.29) is 24.2 Å². The molecule has 0 spiro atoms. The molecule has 0 bridgehead atoms. The highest BCUT2D eigenvalue weighted by molar-refractivity contribution is 5.86. The lowest BCUT2D eigenvalue weighted by molar-refractivity contribution is -0.143. The minimum Gasteiger partial charge on any atom is -0.339 e. The van der Waals surface area contributed by atoms with Gasteiger partial charge in [-0.2, -0.15) is 0 Å². The Kier molecular flexibility index (Phi) is 8.51. The number of amides is 2. The van der Waals surface area contributed by atoms with Crippen LogP contribution in [-0.2, 0) is 9.59 Å². The Morgan fingerprint density at radius 2 is 1.58 bits per heavy atom. The zero-order valence-electron chi connectivity index (χ0n) is 15.3. The normalized spacial score (nSPS) is 21.8. The van der Waals surface area contributed by atoms with Crippen LogP contribution >= 0.6 is 12.4 Å². The molecule has 140 valence electrons. The first-order chi connectivity index (χ1) is 10.9. The molecule has 1 atom stereocenters. The largest absolute Gasteiger partial charge is 0.339 e. The van der Waals surface area contributed by atoms with Crippen molar-refractivity contribution in [3.05, 3.63) is 0 Å². The van der Waals surface area contributed by atoms with Gasteiger partial charge in [0.2, 0.25) is 11.8 Å². The number of nitrogens with two attached hydrogens (primary N) is 1. The maximum absolute atomic E-state index is 12.5. The van der Waals surface area contributed by atoms with Crippen LogP contribution in [0, 0.1) is 5.92 Å². The number of halogens is 1. The summed E-state index contributed by atoms with van der Waals surface area (Å²) in [5.41, 5.74) is 5.37. The summed E-state index contributed by atoms with van der Waals surface area (Å²) in [6.45, 7) is 6.40. The van der Waals surface area contributed by atoms with Crippen LogP contribution in [0.3, 0.4) is 0 Å². The van der Waals surface area contributed by atoms with E-state index in [9.17, 15) is 9.59 Å². The summed E-state index contributed by atoms with van der Waals surface area (Å²) in [7, 11) is 0. The Morgan fingerprint density at radius 3 is 2.12 bits per heavy atom. The monoisotopic (exact) mass is 359 g/mol. The van der Waals surface area contributed by atoms with Crippen LogP contribution in [0.15, 0.2) is 0 Å². The fraction of sp³-hybridized carbons (Fsp3) is 0.889. The Balaban J connectivity index is 0.00000288. The highest BCUT2D eigenvalue weighted by atomic mass is 35.5. The Bertz CT molecular complexity index is 414. The van der Waals surface area contributed by atoms with Gasteiger partial charge >= 0.3 is 0 Å². The van der Waals surface area contributed by atoms with Crippen LogP contribution < -0.4 is 5.73 Å². The van der Waals surface area contributed by atoms with E-state index in [0.29, 0.717) is 44.9 Å². The summed E-state index contributed by atoms with van der Waals surface area (Å²) in [5, 5.41) is 0. The van der Waals surface area contributed by atoms with Crippen molar-refractivity contribution < 1.29 is 9.59 Å². The van der Waals surface area contributed by atoms with Crippen molar-refractivity contribution >= 4 is 24.2 Å². The summed E-state index contributed by atoms with van der Waals surface area (Å²) in [4.78, 5) is 28.7. The van der Waals surface area contributed by atoms with Gasteiger partial charge in [-0.05, 0) is 32.1 Å². The molecule has 1 unspecified atom stereocenters. The van der Waals surface area contributed by atoms with Crippen LogP contribution in [0.4, 0.5) is 0 Å². The zero-order chi connectivity index (χ0) is 16.9. The van der Waals surface area contributed by atoms with Gasteiger partial charge in [0.15, 0.2) is 0 Å². The van der Waals surface area contributed by atoms with E-state index >= 15 is 0 Å². The number of rotatable bonds is 5. The summed E-state index contributed by atoms with van der Waals surface area (Å²) in [5.74, 6) is 0.875. The summed E-state index contributed by atoms with van der Waals surface area (Å²) in [6, 6.07) is 0. The predicted molar refractivity (Wildman–Crippen MR) is 99.1 cm³/mol. The van der Waals surface area contributed by atoms with E-state index in [0.717, 1.165) is 6.42 Å². The minimum atomic E-state index is -0.775. The molecule has 2 N–H and O–H groups in total. The zero-order valence-corrected chi connectivity index (χ0v) is 16.1. The highest BCUT2D eigenvalue weighted by Gasteiger charge is 2.34. The maximum atomic E-state index is 12.5. The van der Waals surface area contributed by atoms with Crippen molar-refractivity contribution in [2.45, 2.75) is 70.8 Å². The third kappa shape index (κ3) is 5.62. The van der Waals surface area contributed by atoms with Crippen molar-refractivity contribution in [1.82, 2.24) is 9.80 Å². The van der Waals surface area contributed by atoms with E-state index in [4.69, 9.17) is 5.73 Å². The lowest BCUT2D eigenvalue weighted by Crippen LogP contribution is -2.58. The van der Waals surface area contributed by atoms with Gasteiger partial charge in [-0.15, -0.1) is 12.4 Å². The van der Waals surface area contributed by atoms with Crippen LogP contribution in [0.2, 0.25) is 0 Å². The van der Waals surface area contributed by atoms with Gasteiger partial charge < -0.3 is 15.5 Å². The molecule has 1 aliphatic heterocycles. The topological polar surface area (TPSA) is 66.6 Å². The predicted octanol–water partition coefficient (Wildman–Crippen LogP) is 2.57. The molecule has 6 heteroatoms. The molecular weight excluding hydrogens is 326 g/mol. The first kappa shape index (κ1) is 21.2. The third-order valence-corrected chi connectivity index (χ3v) is 5.37. The SMILES string of the molecule is CCCC(C)(N)C(=O)N1CCN(C(=O)CC2CCCCC2)CC1.Cl. The molecule has 5 nitrogen and oxygen atoms in total. The molecule has 2 aliphatic rings. The van der Waals surface area contributed by atoms with Gasteiger partial charge in [0, 0.05) is 32.6 Å². The second kappa shape index (κ2) is 9.62. The molecule has 0 aromatic rings. The molecule has 0 aromatic carbocycles. The standard InChI is InChI=1S/C18H33N3O2.ClH/c1-3-9-18(2,19)17(23)21-12-10-20(11-13-21)16(22)14-15-7-5-4-6-8-15;/h15H,3-14,19H2,1-2H3;1H. The summed E-state index contributed by atoms with van der Waals surface area (Å²) < 4.78 is 0. The lowest BCUT2D eigenvalue weighted by Gasteiger charge is -2.39. The molecule has 1 aliphatic carbocycles. The number of nitrogens with zero attached hydrogens (tertiary/aromatic N) is 2. The van der Waals surface area contributed by atoms with Gasteiger partial charge in [0.05, 0.1) is 5.54 Å². The van der Waals surface area contributed by atoms with Gasteiger partial charge in [-0.25, -0.2) is 0 Å². The second-order valence-corrected chi connectivity index (χ2v) is 7.55. The fourth-order valence-electron chi connectivity index (χ4n) is 3.91. The number of piperazine rings is 1. The van der Waals surface area contributed by atoms with Crippen molar-refractivity contribution in [1.29, 1.82) is 0 Å². The number of carbonyl (C=O) groups excluding carboxylic acids is 2. The average molecular weight is 360 g/mol. The van der Waals surface area contributed by atoms with Crippen LogP contribution in [0.5, 0.6) is 0 Å². The maximum Gasteiger partial charge on any atom is 0.242 e. The minimum absolute atomic E-state index is 0. The Labute approximate surface area is 152 Å². The van der Waals surface area contributed by atoms with Gasteiger partial charge in [-0.3, -0.25) is 9.59 Å². The van der Waals surface area contributed by atoms with Crippen molar-refractivity contribution in [2.24, 2.45) is 11.7 Å². The van der Waals surface area contributed by atoms with Gasteiger partial charge in [-0.1, -0.05) is 32.6 Å². The molecule has 2 amide bonds. The lowest BCUT2D eigenvalue weighted by atomic mass is 9.86. The van der Waals surface area contributed by atoms with Crippen molar-refractivity contribution in [3.63, 3.8) is 0 Å². The van der Waals surface area contributed by atoms with Crippen molar-refractivity contribution in [3.8, 4) is 0 Å². The van der Waals surface area contributed by atoms with Crippen LogP contribution in [0.1, 0.15) is 65.2 Å².